The number of nitrogen functional groups attached to an aromatic ring is 1. The lowest BCUT2D eigenvalue weighted by molar-refractivity contribution is 0.880. The minimum absolute atomic E-state index is 0.358. The van der Waals surface area contributed by atoms with Crippen LogP contribution in [0.2, 0.25) is 0 Å². The molecule has 2 heterocycles. The molecule has 0 spiro atoms. The van der Waals surface area contributed by atoms with Crippen LogP contribution in [0.1, 0.15) is 17.0 Å². The number of aryl methyl sites for hydroxylation is 1. The molecule has 1 aliphatic heterocycles. The summed E-state index contributed by atoms with van der Waals surface area (Å²) < 4.78 is 0. The monoisotopic (exact) mass is 210 g/mol. The first-order valence-corrected chi connectivity index (χ1v) is 5.88. The standard InChI is InChI=1S/C9H14N4S/c10-5-8-6-1-3-14-4-2-7(6)12-9(11)13-8/h1-5,10H2,(H2,11,12,13). The first kappa shape index (κ1) is 9.73. The van der Waals surface area contributed by atoms with Crippen molar-refractivity contribution >= 4 is 17.7 Å². The van der Waals surface area contributed by atoms with Crippen LogP contribution >= 0.6 is 11.8 Å². The van der Waals surface area contributed by atoms with Gasteiger partial charge in [-0.3, -0.25) is 0 Å². The highest BCUT2D eigenvalue weighted by Crippen LogP contribution is 2.21. The first-order chi connectivity index (χ1) is 6.81. The number of anilines is 1. The number of fused-ring (bicyclic) bond motifs is 1. The molecule has 0 radical (unpaired) electrons. The number of thioether (sulfide) groups is 1. The number of hydrogen-bond donors (Lipinski definition) is 2. The number of rotatable bonds is 1. The zero-order chi connectivity index (χ0) is 9.97. The summed E-state index contributed by atoms with van der Waals surface area (Å²) in [6.45, 7) is 0.458. The van der Waals surface area contributed by atoms with E-state index >= 15 is 0 Å². The van der Waals surface area contributed by atoms with Crippen LogP contribution in [-0.2, 0) is 19.4 Å². The molecular formula is C9H14N4S. The van der Waals surface area contributed by atoms with Gasteiger partial charge in [0.1, 0.15) is 0 Å². The smallest absolute Gasteiger partial charge is 0.220 e. The molecule has 2 rings (SSSR count). The summed E-state index contributed by atoms with van der Waals surface area (Å²) in [5.41, 5.74) is 14.5. The van der Waals surface area contributed by atoms with E-state index < -0.39 is 0 Å². The Morgan fingerprint density at radius 3 is 2.79 bits per heavy atom. The van der Waals surface area contributed by atoms with E-state index in [-0.39, 0.29) is 0 Å². The molecule has 76 valence electrons. The third-order valence-corrected chi connectivity index (χ3v) is 3.35. The maximum absolute atomic E-state index is 5.64. The van der Waals surface area contributed by atoms with Crippen molar-refractivity contribution in [1.82, 2.24) is 9.97 Å². The fourth-order valence-electron chi connectivity index (χ4n) is 1.71. The minimum Gasteiger partial charge on any atom is -0.368 e. The van der Waals surface area contributed by atoms with Gasteiger partial charge < -0.3 is 11.5 Å². The van der Waals surface area contributed by atoms with Gasteiger partial charge in [-0.05, 0) is 29.9 Å². The molecule has 0 atom stereocenters. The number of nitrogens with two attached hydrogens (primary N) is 2. The quantitative estimate of drug-likeness (QED) is 0.699. The molecule has 4 nitrogen and oxygen atoms in total. The lowest BCUT2D eigenvalue weighted by atomic mass is 10.1. The Balaban J connectivity index is 2.46. The minimum atomic E-state index is 0.358. The van der Waals surface area contributed by atoms with Crippen LogP contribution in [0.5, 0.6) is 0 Å². The zero-order valence-corrected chi connectivity index (χ0v) is 8.81. The average Bonchev–Trinajstić information content (AvgIpc) is 2.41. The summed E-state index contributed by atoms with van der Waals surface area (Å²) >= 11 is 1.95. The van der Waals surface area contributed by atoms with E-state index in [0.29, 0.717) is 12.5 Å². The second-order valence-corrected chi connectivity index (χ2v) is 4.49. The molecule has 0 aromatic carbocycles. The predicted molar refractivity (Wildman–Crippen MR) is 59.1 cm³/mol. The Morgan fingerprint density at radius 2 is 2.00 bits per heavy atom. The maximum Gasteiger partial charge on any atom is 0.220 e. The Bertz CT molecular complexity index is 340. The van der Waals surface area contributed by atoms with E-state index in [1.165, 1.54) is 5.56 Å². The Kier molecular flexibility index (Phi) is 2.88. The fraction of sp³-hybridized carbons (Fsp3) is 0.556. The molecule has 0 saturated carbocycles. The van der Waals surface area contributed by atoms with Crippen molar-refractivity contribution in [2.45, 2.75) is 19.4 Å². The van der Waals surface area contributed by atoms with Crippen molar-refractivity contribution in [3.8, 4) is 0 Å². The zero-order valence-electron chi connectivity index (χ0n) is 7.99. The molecule has 0 aliphatic carbocycles. The summed E-state index contributed by atoms with van der Waals surface area (Å²) in [6.07, 6.45) is 2.01. The van der Waals surface area contributed by atoms with Gasteiger partial charge in [0.15, 0.2) is 0 Å². The topological polar surface area (TPSA) is 77.8 Å². The molecule has 0 bridgehead atoms. The summed E-state index contributed by atoms with van der Waals surface area (Å²) in [4.78, 5) is 8.46. The summed E-state index contributed by atoms with van der Waals surface area (Å²) in [5.74, 6) is 2.61. The number of nitrogens with zero attached hydrogens (tertiary/aromatic N) is 2. The summed E-state index contributed by atoms with van der Waals surface area (Å²) in [6, 6.07) is 0. The van der Waals surface area contributed by atoms with Crippen molar-refractivity contribution in [1.29, 1.82) is 0 Å². The molecule has 1 aromatic rings. The van der Waals surface area contributed by atoms with Gasteiger partial charge in [-0.1, -0.05) is 0 Å². The maximum atomic E-state index is 5.64. The van der Waals surface area contributed by atoms with E-state index in [1.54, 1.807) is 0 Å². The molecule has 1 aliphatic rings. The molecule has 0 unspecified atom stereocenters. The van der Waals surface area contributed by atoms with Gasteiger partial charge >= 0.3 is 0 Å². The SMILES string of the molecule is NCc1nc(N)nc2c1CCSCC2. The van der Waals surface area contributed by atoms with Crippen molar-refractivity contribution in [3.63, 3.8) is 0 Å². The third-order valence-electron chi connectivity index (χ3n) is 2.37. The Morgan fingerprint density at radius 1 is 1.21 bits per heavy atom. The second-order valence-electron chi connectivity index (χ2n) is 3.27. The lowest BCUT2D eigenvalue weighted by Gasteiger charge is -2.09. The van der Waals surface area contributed by atoms with Crippen molar-refractivity contribution in [3.05, 3.63) is 17.0 Å². The van der Waals surface area contributed by atoms with Gasteiger partial charge in [-0.15, -0.1) is 0 Å². The number of hydrogen-bond acceptors (Lipinski definition) is 5. The molecular weight excluding hydrogens is 196 g/mol. The lowest BCUT2D eigenvalue weighted by Crippen LogP contribution is -2.12. The molecule has 1 aromatic heterocycles. The fourth-order valence-corrected chi connectivity index (χ4v) is 2.60. The largest absolute Gasteiger partial charge is 0.368 e. The van der Waals surface area contributed by atoms with Crippen LogP contribution in [0, 0.1) is 0 Å². The van der Waals surface area contributed by atoms with Crippen LogP contribution < -0.4 is 11.5 Å². The Labute approximate surface area is 87.5 Å². The molecule has 5 heteroatoms. The highest BCUT2D eigenvalue weighted by molar-refractivity contribution is 7.99. The van der Waals surface area contributed by atoms with Crippen LogP contribution in [-0.4, -0.2) is 21.5 Å². The van der Waals surface area contributed by atoms with Gasteiger partial charge in [0.05, 0.1) is 11.4 Å². The van der Waals surface area contributed by atoms with Crippen molar-refractivity contribution in [2.24, 2.45) is 5.73 Å². The van der Waals surface area contributed by atoms with Gasteiger partial charge in [-0.2, -0.15) is 11.8 Å². The van der Waals surface area contributed by atoms with Crippen LogP contribution in [0.15, 0.2) is 0 Å². The van der Waals surface area contributed by atoms with E-state index in [2.05, 4.69) is 9.97 Å². The highest BCUT2D eigenvalue weighted by atomic mass is 32.2. The van der Waals surface area contributed by atoms with Crippen LogP contribution in [0.25, 0.3) is 0 Å². The van der Waals surface area contributed by atoms with Gasteiger partial charge in [0.25, 0.3) is 0 Å². The third kappa shape index (κ3) is 1.83. The van der Waals surface area contributed by atoms with E-state index in [4.69, 9.17) is 11.5 Å². The van der Waals surface area contributed by atoms with Gasteiger partial charge in [-0.25, -0.2) is 9.97 Å². The first-order valence-electron chi connectivity index (χ1n) is 4.73. The molecule has 14 heavy (non-hydrogen) atoms. The molecule has 4 N–H and O–H groups in total. The van der Waals surface area contributed by atoms with E-state index in [1.807, 2.05) is 11.8 Å². The van der Waals surface area contributed by atoms with Crippen molar-refractivity contribution < 1.29 is 0 Å². The molecule has 0 saturated heterocycles. The average molecular weight is 210 g/mol. The number of aromatic nitrogens is 2. The van der Waals surface area contributed by atoms with Gasteiger partial charge in [0, 0.05) is 6.54 Å². The summed E-state index contributed by atoms with van der Waals surface area (Å²) in [5, 5.41) is 0. The van der Waals surface area contributed by atoms with Crippen molar-refractivity contribution in [2.75, 3.05) is 17.2 Å². The highest BCUT2D eigenvalue weighted by Gasteiger charge is 2.14. The normalized spacial score (nSPS) is 16.1. The molecule has 0 amide bonds. The van der Waals surface area contributed by atoms with Crippen LogP contribution in [0.4, 0.5) is 5.95 Å². The van der Waals surface area contributed by atoms with Crippen LogP contribution in [0.3, 0.4) is 0 Å². The van der Waals surface area contributed by atoms with Gasteiger partial charge in [0.2, 0.25) is 5.95 Å². The summed E-state index contributed by atoms with van der Waals surface area (Å²) in [7, 11) is 0. The Hall–Kier alpha value is -0.810. The second kappa shape index (κ2) is 4.14. The van der Waals surface area contributed by atoms with E-state index in [9.17, 15) is 0 Å². The molecule has 0 fully saturated rings. The van der Waals surface area contributed by atoms with E-state index in [0.717, 1.165) is 35.7 Å². The predicted octanol–water partition coefficient (Wildman–Crippen LogP) is 0.349.